The third-order valence-electron chi connectivity index (χ3n) is 3.60. The summed E-state index contributed by atoms with van der Waals surface area (Å²) in [4.78, 5) is 18.7. The zero-order valence-electron chi connectivity index (χ0n) is 13.2. The standard InChI is InChI=1S/C18H16N2O4/c1-23-14-8-6-11(10-15(14)24-2)7-9-16-19-13-5-3-4-12(18(21)22)17(13)20-16/h3-10H,1-2H3,(H,19,20)(H,21,22)/b9-7+. The van der Waals surface area contributed by atoms with Crippen molar-refractivity contribution in [2.24, 2.45) is 0 Å². The van der Waals surface area contributed by atoms with E-state index in [1.165, 1.54) is 6.07 Å². The highest BCUT2D eigenvalue weighted by atomic mass is 16.5. The van der Waals surface area contributed by atoms with E-state index in [2.05, 4.69) is 9.97 Å². The summed E-state index contributed by atoms with van der Waals surface area (Å²) < 4.78 is 10.5. The van der Waals surface area contributed by atoms with Gasteiger partial charge in [0.15, 0.2) is 11.5 Å². The lowest BCUT2D eigenvalue weighted by Crippen LogP contribution is -1.96. The number of imidazole rings is 1. The van der Waals surface area contributed by atoms with Crippen LogP contribution in [0.5, 0.6) is 11.5 Å². The summed E-state index contributed by atoms with van der Waals surface area (Å²) in [5, 5.41) is 9.21. The first-order valence-electron chi connectivity index (χ1n) is 7.24. The van der Waals surface area contributed by atoms with Crippen molar-refractivity contribution in [3.8, 4) is 11.5 Å². The first-order valence-corrected chi connectivity index (χ1v) is 7.24. The first-order chi connectivity index (χ1) is 11.6. The zero-order valence-corrected chi connectivity index (χ0v) is 13.2. The Balaban J connectivity index is 1.93. The molecule has 0 fully saturated rings. The number of hydrogen-bond donors (Lipinski definition) is 2. The van der Waals surface area contributed by atoms with Gasteiger partial charge in [-0.15, -0.1) is 0 Å². The van der Waals surface area contributed by atoms with Crippen LogP contribution in [-0.4, -0.2) is 35.3 Å². The molecule has 0 aliphatic heterocycles. The van der Waals surface area contributed by atoms with Gasteiger partial charge in [0.25, 0.3) is 0 Å². The van der Waals surface area contributed by atoms with Gasteiger partial charge >= 0.3 is 5.97 Å². The van der Waals surface area contributed by atoms with Crippen molar-refractivity contribution in [3.63, 3.8) is 0 Å². The van der Waals surface area contributed by atoms with Crippen LogP contribution in [-0.2, 0) is 0 Å². The van der Waals surface area contributed by atoms with E-state index < -0.39 is 5.97 Å². The predicted octanol–water partition coefficient (Wildman–Crippen LogP) is 3.45. The SMILES string of the molecule is COc1ccc(/C=C/c2nc3c(C(=O)O)cccc3[nH]2)cc1OC. The van der Waals surface area contributed by atoms with Gasteiger partial charge in [0.1, 0.15) is 11.3 Å². The molecule has 6 heteroatoms. The number of carboxylic acid groups (broad SMARTS) is 1. The van der Waals surface area contributed by atoms with Crippen LogP contribution in [0.1, 0.15) is 21.7 Å². The summed E-state index contributed by atoms with van der Waals surface area (Å²) in [5.74, 6) is 0.873. The van der Waals surface area contributed by atoms with Gasteiger partial charge in [0.05, 0.1) is 25.3 Å². The van der Waals surface area contributed by atoms with Crippen LogP contribution >= 0.6 is 0 Å². The normalized spacial score (nSPS) is 11.1. The van der Waals surface area contributed by atoms with Gasteiger partial charge in [-0.05, 0) is 35.9 Å². The van der Waals surface area contributed by atoms with Crippen molar-refractivity contribution in [1.82, 2.24) is 9.97 Å². The molecule has 0 radical (unpaired) electrons. The molecule has 1 heterocycles. The van der Waals surface area contributed by atoms with E-state index in [1.807, 2.05) is 24.3 Å². The molecule has 1 aromatic heterocycles. The lowest BCUT2D eigenvalue weighted by atomic mass is 10.2. The van der Waals surface area contributed by atoms with Crippen LogP contribution in [0.25, 0.3) is 23.2 Å². The second kappa shape index (κ2) is 6.45. The highest BCUT2D eigenvalue weighted by Crippen LogP contribution is 2.28. The minimum atomic E-state index is -0.998. The first kappa shape index (κ1) is 15.6. The van der Waals surface area contributed by atoms with Crippen molar-refractivity contribution in [2.75, 3.05) is 14.2 Å². The number of hydrogen-bond acceptors (Lipinski definition) is 4. The van der Waals surface area contributed by atoms with E-state index in [0.717, 1.165) is 5.56 Å². The Labute approximate surface area is 138 Å². The smallest absolute Gasteiger partial charge is 0.337 e. The number of aromatic nitrogens is 2. The average Bonchev–Trinajstić information content (AvgIpc) is 3.02. The lowest BCUT2D eigenvalue weighted by Gasteiger charge is -2.07. The maximum absolute atomic E-state index is 11.2. The fourth-order valence-corrected chi connectivity index (χ4v) is 2.43. The molecule has 122 valence electrons. The van der Waals surface area contributed by atoms with Crippen LogP contribution < -0.4 is 9.47 Å². The number of para-hydroxylation sites is 1. The fraction of sp³-hybridized carbons (Fsp3) is 0.111. The van der Waals surface area contributed by atoms with E-state index in [9.17, 15) is 9.90 Å². The molecule has 6 nitrogen and oxygen atoms in total. The third-order valence-corrected chi connectivity index (χ3v) is 3.60. The number of benzene rings is 2. The van der Waals surface area contributed by atoms with Crippen molar-refractivity contribution < 1.29 is 19.4 Å². The Bertz CT molecular complexity index is 928. The topological polar surface area (TPSA) is 84.4 Å². The van der Waals surface area contributed by atoms with Gasteiger partial charge < -0.3 is 19.6 Å². The Hall–Kier alpha value is -3.28. The van der Waals surface area contributed by atoms with Crippen molar-refractivity contribution >= 4 is 29.2 Å². The predicted molar refractivity (Wildman–Crippen MR) is 91.5 cm³/mol. The molecule has 0 spiro atoms. The van der Waals surface area contributed by atoms with Crippen LogP contribution in [0.15, 0.2) is 36.4 Å². The number of nitrogens with one attached hydrogen (secondary N) is 1. The molecule has 0 saturated carbocycles. The Morgan fingerprint density at radius 3 is 2.62 bits per heavy atom. The number of nitrogens with zero attached hydrogens (tertiary/aromatic N) is 1. The molecule has 3 rings (SSSR count). The van der Waals surface area contributed by atoms with Crippen molar-refractivity contribution in [1.29, 1.82) is 0 Å². The second-order valence-corrected chi connectivity index (χ2v) is 5.08. The molecule has 0 amide bonds. The van der Waals surface area contributed by atoms with Crippen molar-refractivity contribution in [2.45, 2.75) is 0 Å². The minimum absolute atomic E-state index is 0.175. The summed E-state index contributed by atoms with van der Waals surface area (Å²) in [6.45, 7) is 0. The molecule has 0 aliphatic carbocycles. The number of fused-ring (bicyclic) bond motifs is 1. The van der Waals surface area contributed by atoms with Gasteiger partial charge in [-0.1, -0.05) is 18.2 Å². The summed E-state index contributed by atoms with van der Waals surface area (Å²) in [7, 11) is 3.17. The van der Waals surface area contributed by atoms with E-state index >= 15 is 0 Å². The number of aromatic amines is 1. The Morgan fingerprint density at radius 2 is 1.92 bits per heavy atom. The number of carbonyl (C=O) groups is 1. The molecule has 0 saturated heterocycles. The number of aromatic carboxylic acids is 1. The summed E-state index contributed by atoms with van der Waals surface area (Å²) >= 11 is 0. The maximum Gasteiger partial charge on any atom is 0.337 e. The van der Waals surface area contributed by atoms with Gasteiger partial charge in [-0.25, -0.2) is 9.78 Å². The van der Waals surface area contributed by atoms with E-state index in [-0.39, 0.29) is 5.56 Å². The van der Waals surface area contributed by atoms with E-state index in [1.54, 1.807) is 32.4 Å². The zero-order chi connectivity index (χ0) is 17.1. The summed E-state index contributed by atoms with van der Waals surface area (Å²) in [5.41, 5.74) is 2.21. The summed E-state index contributed by atoms with van der Waals surface area (Å²) in [6.07, 6.45) is 3.65. The minimum Gasteiger partial charge on any atom is -0.493 e. The molecule has 2 N–H and O–H groups in total. The number of ether oxygens (including phenoxy) is 2. The largest absolute Gasteiger partial charge is 0.493 e. The molecule has 3 aromatic rings. The van der Waals surface area contributed by atoms with Crippen LogP contribution in [0.2, 0.25) is 0 Å². The van der Waals surface area contributed by atoms with Gasteiger partial charge in [0, 0.05) is 0 Å². The van der Waals surface area contributed by atoms with Crippen LogP contribution in [0.4, 0.5) is 0 Å². The van der Waals surface area contributed by atoms with E-state index in [0.29, 0.717) is 28.4 Å². The van der Waals surface area contributed by atoms with Crippen LogP contribution in [0, 0.1) is 0 Å². The monoisotopic (exact) mass is 324 g/mol. The van der Waals surface area contributed by atoms with E-state index in [4.69, 9.17) is 9.47 Å². The molecule has 0 aliphatic rings. The van der Waals surface area contributed by atoms with Gasteiger partial charge in [-0.3, -0.25) is 0 Å². The molecule has 0 bridgehead atoms. The lowest BCUT2D eigenvalue weighted by molar-refractivity contribution is 0.0699. The van der Waals surface area contributed by atoms with Crippen LogP contribution in [0.3, 0.4) is 0 Å². The highest BCUT2D eigenvalue weighted by Gasteiger charge is 2.11. The number of carboxylic acids is 1. The molecule has 0 unspecified atom stereocenters. The number of H-pyrrole nitrogens is 1. The molecule has 2 aromatic carbocycles. The molecule has 0 atom stereocenters. The second-order valence-electron chi connectivity index (χ2n) is 5.08. The maximum atomic E-state index is 11.2. The average molecular weight is 324 g/mol. The summed E-state index contributed by atoms with van der Waals surface area (Å²) in [6, 6.07) is 10.6. The Morgan fingerprint density at radius 1 is 1.12 bits per heavy atom. The molecular formula is C18H16N2O4. The third kappa shape index (κ3) is 2.94. The van der Waals surface area contributed by atoms with Gasteiger partial charge in [0.2, 0.25) is 0 Å². The number of methoxy groups -OCH3 is 2. The molecular weight excluding hydrogens is 308 g/mol. The van der Waals surface area contributed by atoms with Crippen molar-refractivity contribution in [3.05, 3.63) is 53.3 Å². The number of rotatable bonds is 5. The Kier molecular flexibility index (Phi) is 4.20. The quantitative estimate of drug-likeness (QED) is 0.751. The fourth-order valence-electron chi connectivity index (χ4n) is 2.43. The highest BCUT2D eigenvalue weighted by molar-refractivity contribution is 6.01. The molecule has 24 heavy (non-hydrogen) atoms. The van der Waals surface area contributed by atoms with Gasteiger partial charge in [-0.2, -0.15) is 0 Å².